The molecule has 0 radical (unpaired) electrons. The number of piperazine rings is 1. The van der Waals surface area contributed by atoms with Crippen LogP contribution in [0.5, 0.6) is 0 Å². The molecule has 2 aliphatic rings. The highest BCUT2D eigenvalue weighted by Crippen LogP contribution is 2.14. The van der Waals surface area contributed by atoms with Crippen molar-refractivity contribution in [3.05, 3.63) is 0 Å². The van der Waals surface area contributed by atoms with Crippen LogP contribution in [0, 0.1) is 0 Å². The predicted molar refractivity (Wildman–Crippen MR) is 68.9 cm³/mol. The van der Waals surface area contributed by atoms with Gasteiger partial charge in [-0.25, -0.2) is 4.79 Å². The minimum absolute atomic E-state index is 0.104. The van der Waals surface area contributed by atoms with Gasteiger partial charge in [0.05, 0.1) is 6.04 Å². The number of imide groups is 1. The van der Waals surface area contributed by atoms with Crippen LogP contribution >= 0.6 is 0 Å². The number of rotatable bonds is 1. The minimum atomic E-state index is -5.08. The van der Waals surface area contributed by atoms with Crippen molar-refractivity contribution >= 4 is 17.8 Å². The van der Waals surface area contributed by atoms with E-state index in [-0.39, 0.29) is 17.9 Å². The molecule has 1 unspecified atom stereocenters. The Kier molecular flexibility index (Phi) is 6.30. The summed E-state index contributed by atoms with van der Waals surface area (Å²) in [6.45, 7) is 4.79. The first kappa shape index (κ1) is 18.4. The van der Waals surface area contributed by atoms with Gasteiger partial charge in [-0.1, -0.05) is 0 Å². The van der Waals surface area contributed by atoms with Crippen LogP contribution in [0.3, 0.4) is 0 Å². The van der Waals surface area contributed by atoms with Crippen molar-refractivity contribution in [2.75, 3.05) is 19.6 Å². The summed E-state index contributed by atoms with van der Waals surface area (Å²) in [5, 5.41) is 12.9. The number of amides is 2. The van der Waals surface area contributed by atoms with Crippen molar-refractivity contribution in [2.45, 2.75) is 38.0 Å². The lowest BCUT2D eigenvalue weighted by Gasteiger charge is -2.38. The maximum atomic E-state index is 11.6. The van der Waals surface area contributed by atoms with E-state index < -0.39 is 12.1 Å². The zero-order valence-electron chi connectivity index (χ0n) is 11.9. The molecule has 10 heteroatoms. The number of piperidine rings is 1. The van der Waals surface area contributed by atoms with E-state index in [0.29, 0.717) is 18.9 Å². The Morgan fingerprint density at radius 2 is 1.95 bits per heavy atom. The Hall–Kier alpha value is -1.68. The molecule has 0 bridgehead atoms. The van der Waals surface area contributed by atoms with Gasteiger partial charge < -0.3 is 10.4 Å². The molecule has 0 spiro atoms. The Labute approximate surface area is 124 Å². The van der Waals surface area contributed by atoms with Gasteiger partial charge >= 0.3 is 12.1 Å². The van der Waals surface area contributed by atoms with Gasteiger partial charge in [0.1, 0.15) is 0 Å². The van der Waals surface area contributed by atoms with Gasteiger partial charge in [-0.15, -0.1) is 0 Å². The van der Waals surface area contributed by atoms with E-state index >= 15 is 0 Å². The van der Waals surface area contributed by atoms with Crippen LogP contribution in [-0.4, -0.2) is 65.7 Å². The molecule has 2 aliphatic heterocycles. The molecule has 2 heterocycles. The quantitative estimate of drug-likeness (QED) is 0.574. The van der Waals surface area contributed by atoms with Gasteiger partial charge in [-0.2, -0.15) is 13.2 Å². The van der Waals surface area contributed by atoms with Crippen LogP contribution in [0.15, 0.2) is 0 Å². The predicted octanol–water partition coefficient (Wildman–Crippen LogP) is -0.281. The van der Waals surface area contributed by atoms with Gasteiger partial charge in [0.15, 0.2) is 0 Å². The number of nitrogens with one attached hydrogen (secondary N) is 2. The zero-order valence-corrected chi connectivity index (χ0v) is 11.9. The first-order chi connectivity index (χ1) is 10.1. The Morgan fingerprint density at radius 3 is 2.41 bits per heavy atom. The van der Waals surface area contributed by atoms with Crippen molar-refractivity contribution in [3.63, 3.8) is 0 Å². The highest BCUT2D eigenvalue weighted by Gasteiger charge is 2.38. The molecule has 3 N–H and O–H groups in total. The van der Waals surface area contributed by atoms with Crippen molar-refractivity contribution in [1.29, 1.82) is 0 Å². The summed E-state index contributed by atoms with van der Waals surface area (Å²) in [5.41, 5.74) is 0. The normalized spacial score (nSPS) is 26.7. The second kappa shape index (κ2) is 7.54. The summed E-state index contributed by atoms with van der Waals surface area (Å²) in [4.78, 5) is 33.7. The van der Waals surface area contributed by atoms with E-state index in [0.717, 1.165) is 19.6 Å². The lowest BCUT2D eigenvalue weighted by Crippen LogP contribution is -2.59. The first-order valence-electron chi connectivity index (χ1n) is 6.72. The number of carbonyl (C=O) groups is 3. The van der Waals surface area contributed by atoms with E-state index in [1.54, 1.807) is 0 Å². The molecule has 0 saturated carbocycles. The molecule has 2 atom stereocenters. The third-order valence-corrected chi connectivity index (χ3v) is 3.29. The van der Waals surface area contributed by atoms with E-state index in [4.69, 9.17) is 9.90 Å². The lowest BCUT2D eigenvalue weighted by atomic mass is 10.0. The number of nitrogens with zero attached hydrogens (tertiary/aromatic N) is 1. The number of carboxylic acids is 1. The average molecular weight is 325 g/mol. The third kappa shape index (κ3) is 5.60. The molecule has 0 aromatic heterocycles. The maximum absolute atomic E-state index is 11.6. The second-order valence-electron chi connectivity index (χ2n) is 5.12. The second-order valence-corrected chi connectivity index (χ2v) is 5.12. The summed E-state index contributed by atoms with van der Waals surface area (Å²) in [6, 6.07) is 0.316. The number of aliphatic carboxylic acids is 1. The van der Waals surface area contributed by atoms with Crippen LogP contribution in [0.25, 0.3) is 0 Å². The third-order valence-electron chi connectivity index (χ3n) is 3.29. The highest BCUT2D eigenvalue weighted by atomic mass is 19.4. The van der Waals surface area contributed by atoms with Crippen LogP contribution in [0.4, 0.5) is 13.2 Å². The van der Waals surface area contributed by atoms with Crippen molar-refractivity contribution in [1.82, 2.24) is 15.5 Å². The molecule has 2 fully saturated rings. The molecule has 0 aromatic rings. The monoisotopic (exact) mass is 325 g/mol. The fraction of sp³-hybridized carbons (Fsp3) is 0.750. The molecule has 2 saturated heterocycles. The summed E-state index contributed by atoms with van der Waals surface area (Å²) < 4.78 is 31.7. The molecular weight excluding hydrogens is 307 g/mol. The average Bonchev–Trinajstić information content (AvgIpc) is 2.38. The van der Waals surface area contributed by atoms with Gasteiger partial charge in [0.25, 0.3) is 0 Å². The molecule has 22 heavy (non-hydrogen) atoms. The Bertz CT molecular complexity index is 442. The first-order valence-corrected chi connectivity index (χ1v) is 6.72. The zero-order chi connectivity index (χ0) is 16.9. The topological polar surface area (TPSA) is 98.7 Å². The number of alkyl halides is 3. The summed E-state index contributed by atoms with van der Waals surface area (Å²) in [6.07, 6.45) is -3.95. The van der Waals surface area contributed by atoms with Gasteiger partial charge in [0.2, 0.25) is 11.8 Å². The SMILES string of the molecule is C[C@H]1CN(C2CCC(=O)NC2=O)CCN1.O=C(O)C(F)(F)F. The van der Waals surface area contributed by atoms with Crippen molar-refractivity contribution in [2.24, 2.45) is 0 Å². The van der Waals surface area contributed by atoms with Crippen LogP contribution in [0.1, 0.15) is 19.8 Å². The van der Waals surface area contributed by atoms with Gasteiger partial charge in [-0.05, 0) is 13.3 Å². The van der Waals surface area contributed by atoms with Crippen LogP contribution in [-0.2, 0) is 14.4 Å². The fourth-order valence-electron chi connectivity index (χ4n) is 2.28. The minimum Gasteiger partial charge on any atom is -0.475 e. The number of carbonyl (C=O) groups excluding carboxylic acids is 2. The molecular formula is C12H18F3N3O4. The number of hydrogen-bond acceptors (Lipinski definition) is 5. The van der Waals surface area contributed by atoms with Crippen molar-refractivity contribution < 1.29 is 32.7 Å². The molecule has 7 nitrogen and oxygen atoms in total. The summed E-state index contributed by atoms with van der Waals surface area (Å²) >= 11 is 0. The summed E-state index contributed by atoms with van der Waals surface area (Å²) in [5.74, 6) is -3.02. The van der Waals surface area contributed by atoms with E-state index in [9.17, 15) is 22.8 Å². The molecule has 2 amide bonds. The van der Waals surface area contributed by atoms with Gasteiger partial charge in [-0.3, -0.25) is 19.8 Å². The molecule has 0 aliphatic carbocycles. The summed E-state index contributed by atoms with van der Waals surface area (Å²) in [7, 11) is 0. The number of hydrogen-bond donors (Lipinski definition) is 3. The smallest absolute Gasteiger partial charge is 0.475 e. The fourth-order valence-corrected chi connectivity index (χ4v) is 2.28. The van der Waals surface area contributed by atoms with Crippen molar-refractivity contribution in [3.8, 4) is 0 Å². The standard InChI is InChI=1S/C10H17N3O2.C2HF3O2/c1-7-6-13(5-4-11-7)8-2-3-9(14)12-10(8)15;3-2(4,5)1(6)7/h7-8,11H,2-6H2,1H3,(H,12,14,15);(H,6,7)/t7-,8?;/m0./s1. The number of halogens is 3. The van der Waals surface area contributed by atoms with Crippen LogP contribution < -0.4 is 10.6 Å². The maximum Gasteiger partial charge on any atom is 0.490 e. The highest BCUT2D eigenvalue weighted by molar-refractivity contribution is 6.00. The number of carboxylic acid groups (broad SMARTS) is 1. The molecule has 0 aromatic carbocycles. The van der Waals surface area contributed by atoms with E-state index in [1.807, 2.05) is 0 Å². The molecule has 2 rings (SSSR count). The Balaban J connectivity index is 0.000000295. The molecule has 126 valence electrons. The largest absolute Gasteiger partial charge is 0.490 e. The van der Waals surface area contributed by atoms with E-state index in [1.165, 1.54) is 0 Å². The van der Waals surface area contributed by atoms with E-state index in [2.05, 4.69) is 22.5 Å². The van der Waals surface area contributed by atoms with Crippen LogP contribution in [0.2, 0.25) is 0 Å². The Morgan fingerprint density at radius 1 is 1.36 bits per heavy atom. The van der Waals surface area contributed by atoms with Gasteiger partial charge in [0, 0.05) is 32.1 Å². The lowest BCUT2D eigenvalue weighted by molar-refractivity contribution is -0.192.